The number of thiocarbonyl (C=S) groups is 1. The summed E-state index contributed by atoms with van der Waals surface area (Å²) in [4.78, 5) is 5.27. The first-order valence-electron chi connectivity index (χ1n) is 8.02. The molecule has 0 bridgehead atoms. The highest BCUT2D eigenvalue weighted by atomic mass is 32.1. The highest BCUT2D eigenvalue weighted by molar-refractivity contribution is 7.80. The van der Waals surface area contributed by atoms with Gasteiger partial charge in [-0.25, -0.2) is 4.98 Å². The molecular formula is C19H21N3OS. The van der Waals surface area contributed by atoms with E-state index in [-0.39, 0.29) is 5.92 Å². The van der Waals surface area contributed by atoms with Gasteiger partial charge in [-0.1, -0.05) is 25.2 Å². The van der Waals surface area contributed by atoms with Gasteiger partial charge in [0.15, 0.2) is 0 Å². The Morgan fingerprint density at radius 3 is 2.58 bits per heavy atom. The number of aryl methyl sites for hydroxylation is 1. The van der Waals surface area contributed by atoms with Gasteiger partial charge in [0, 0.05) is 17.7 Å². The molecule has 0 amide bonds. The molecule has 2 heterocycles. The van der Waals surface area contributed by atoms with Crippen LogP contribution in [0.5, 0.6) is 5.75 Å². The summed E-state index contributed by atoms with van der Waals surface area (Å²) in [6.45, 7) is 6.70. The van der Waals surface area contributed by atoms with Crippen molar-refractivity contribution in [1.82, 2.24) is 9.38 Å². The fourth-order valence-corrected chi connectivity index (χ4v) is 2.92. The molecular weight excluding hydrogens is 318 g/mol. The van der Waals surface area contributed by atoms with E-state index >= 15 is 0 Å². The molecule has 0 radical (unpaired) electrons. The molecule has 2 aromatic heterocycles. The summed E-state index contributed by atoms with van der Waals surface area (Å²) >= 11 is 5.24. The molecule has 4 nitrogen and oxygen atoms in total. The maximum Gasteiger partial charge on any atom is 0.137 e. The van der Waals surface area contributed by atoms with Gasteiger partial charge in [-0.2, -0.15) is 0 Å². The van der Waals surface area contributed by atoms with Crippen molar-refractivity contribution < 1.29 is 4.74 Å². The summed E-state index contributed by atoms with van der Waals surface area (Å²) in [5.41, 5.74) is 10.9. The van der Waals surface area contributed by atoms with E-state index in [2.05, 4.69) is 23.6 Å². The number of rotatable bonds is 5. The van der Waals surface area contributed by atoms with Gasteiger partial charge in [-0.05, 0) is 49.7 Å². The van der Waals surface area contributed by atoms with Crippen molar-refractivity contribution in [2.75, 3.05) is 6.61 Å². The summed E-state index contributed by atoms with van der Waals surface area (Å²) in [5.74, 6) is 0.781. The van der Waals surface area contributed by atoms with Gasteiger partial charge in [0.2, 0.25) is 0 Å². The summed E-state index contributed by atoms with van der Waals surface area (Å²) in [6, 6.07) is 12.0. The molecule has 3 rings (SSSR count). The fraction of sp³-hybridized carbons (Fsp3) is 0.263. The van der Waals surface area contributed by atoms with Gasteiger partial charge in [0.05, 0.1) is 23.0 Å². The number of aromatic nitrogens is 2. The Morgan fingerprint density at radius 1 is 1.25 bits per heavy atom. The largest absolute Gasteiger partial charge is 0.494 e. The summed E-state index contributed by atoms with van der Waals surface area (Å²) in [5, 5.41) is 0. The van der Waals surface area contributed by atoms with Gasteiger partial charge in [0.1, 0.15) is 11.4 Å². The third-order valence-electron chi connectivity index (χ3n) is 4.08. The zero-order valence-corrected chi connectivity index (χ0v) is 14.9. The van der Waals surface area contributed by atoms with Gasteiger partial charge < -0.3 is 14.9 Å². The Morgan fingerprint density at radius 2 is 1.96 bits per heavy atom. The smallest absolute Gasteiger partial charge is 0.137 e. The number of pyridine rings is 1. The quantitative estimate of drug-likeness (QED) is 0.711. The van der Waals surface area contributed by atoms with E-state index in [0.29, 0.717) is 11.6 Å². The van der Waals surface area contributed by atoms with Crippen LogP contribution in [0.15, 0.2) is 42.6 Å². The zero-order chi connectivity index (χ0) is 17.3. The van der Waals surface area contributed by atoms with E-state index in [1.807, 2.05) is 44.2 Å². The highest BCUT2D eigenvalue weighted by Gasteiger charge is 2.21. The average molecular weight is 339 g/mol. The molecule has 5 heteroatoms. The van der Waals surface area contributed by atoms with Crippen LogP contribution in [0.25, 0.3) is 16.9 Å². The van der Waals surface area contributed by atoms with Gasteiger partial charge in [-0.3, -0.25) is 0 Å². The molecule has 1 aromatic carbocycles. The minimum atomic E-state index is -0.0710. The standard InChI is InChI=1S/C19H21N3OS/c1-4-23-15-8-6-14(7-9-15)17-18(13(3)19(20)24)22-11-12(2)5-10-16(22)21-17/h5-11,13H,4H2,1-3H3,(H2,20,24). The number of ether oxygens (including phenoxy) is 1. The molecule has 3 aromatic rings. The number of nitrogens with zero attached hydrogens (tertiary/aromatic N) is 2. The van der Waals surface area contributed by atoms with Crippen molar-refractivity contribution in [3.05, 3.63) is 53.9 Å². The second-order valence-electron chi connectivity index (χ2n) is 5.86. The van der Waals surface area contributed by atoms with Crippen molar-refractivity contribution in [2.45, 2.75) is 26.7 Å². The minimum absolute atomic E-state index is 0.0710. The second kappa shape index (κ2) is 6.61. The van der Waals surface area contributed by atoms with Crippen LogP contribution < -0.4 is 10.5 Å². The van der Waals surface area contributed by atoms with Crippen LogP contribution >= 0.6 is 12.2 Å². The zero-order valence-electron chi connectivity index (χ0n) is 14.1. The molecule has 0 aliphatic carbocycles. The first kappa shape index (κ1) is 16.5. The molecule has 1 unspecified atom stereocenters. The van der Waals surface area contributed by atoms with Gasteiger partial charge in [0.25, 0.3) is 0 Å². The minimum Gasteiger partial charge on any atom is -0.494 e. The first-order valence-corrected chi connectivity index (χ1v) is 8.43. The average Bonchev–Trinajstić information content (AvgIpc) is 2.93. The summed E-state index contributed by atoms with van der Waals surface area (Å²) in [7, 11) is 0. The van der Waals surface area contributed by atoms with E-state index in [1.165, 1.54) is 0 Å². The molecule has 2 N–H and O–H groups in total. The monoisotopic (exact) mass is 339 g/mol. The first-order chi connectivity index (χ1) is 11.5. The van der Waals surface area contributed by atoms with Gasteiger partial charge >= 0.3 is 0 Å². The number of imidazole rings is 1. The molecule has 0 aliphatic rings. The molecule has 124 valence electrons. The van der Waals surface area contributed by atoms with Crippen LogP contribution in [0.3, 0.4) is 0 Å². The third kappa shape index (κ3) is 2.99. The van der Waals surface area contributed by atoms with Crippen LogP contribution in [-0.2, 0) is 0 Å². The molecule has 0 saturated heterocycles. The lowest BCUT2D eigenvalue weighted by atomic mass is 10.0. The lowest BCUT2D eigenvalue weighted by molar-refractivity contribution is 0.340. The Kier molecular flexibility index (Phi) is 4.53. The van der Waals surface area contributed by atoms with Crippen LogP contribution in [0.2, 0.25) is 0 Å². The molecule has 0 saturated carbocycles. The van der Waals surface area contributed by atoms with Crippen molar-refractivity contribution in [3.63, 3.8) is 0 Å². The number of hydrogen-bond donors (Lipinski definition) is 1. The normalized spacial score (nSPS) is 12.3. The van der Waals surface area contributed by atoms with E-state index in [9.17, 15) is 0 Å². The fourth-order valence-electron chi connectivity index (χ4n) is 2.81. The summed E-state index contributed by atoms with van der Waals surface area (Å²) < 4.78 is 7.61. The van der Waals surface area contributed by atoms with Crippen LogP contribution in [0.4, 0.5) is 0 Å². The SMILES string of the molecule is CCOc1ccc(-c2nc3ccc(C)cn3c2C(C)C(N)=S)cc1. The van der Waals surface area contributed by atoms with Crippen LogP contribution in [0.1, 0.15) is 31.0 Å². The Hall–Kier alpha value is -2.40. The lowest BCUT2D eigenvalue weighted by Gasteiger charge is -2.13. The number of hydrogen-bond acceptors (Lipinski definition) is 3. The Labute approximate surface area is 147 Å². The topological polar surface area (TPSA) is 52.5 Å². The van der Waals surface area contributed by atoms with Crippen molar-refractivity contribution >= 4 is 22.9 Å². The van der Waals surface area contributed by atoms with Crippen molar-refractivity contribution in [3.8, 4) is 17.0 Å². The van der Waals surface area contributed by atoms with Crippen molar-refractivity contribution in [2.24, 2.45) is 5.73 Å². The summed E-state index contributed by atoms with van der Waals surface area (Å²) in [6.07, 6.45) is 2.07. The maximum absolute atomic E-state index is 5.94. The highest BCUT2D eigenvalue weighted by Crippen LogP contribution is 2.31. The maximum atomic E-state index is 5.94. The number of fused-ring (bicyclic) bond motifs is 1. The Balaban J connectivity index is 2.19. The number of benzene rings is 1. The third-order valence-corrected chi connectivity index (χ3v) is 4.43. The Bertz CT molecular complexity index is 884. The van der Waals surface area contributed by atoms with Crippen molar-refractivity contribution in [1.29, 1.82) is 0 Å². The van der Waals surface area contributed by atoms with E-state index in [1.54, 1.807) is 0 Å². The molecule has 0 spiro atoms. The number of nitrogens with two attached hydrogens (primary N) is 1. The van der Waals surface area contributed by atoms with Crippen LogP contribution in [-0.4, -0.2) is 21.0 Å². The molecule has 24 heavy (non-hydrogen) atoms. The van der Waals surface area contributed by atoms with Gasteiger partial charge in [-0.15, -0.1) is 0 Å². The van der Waals surface area contributed by atoms with E-state index in [0.717, 1.165) is 33.9 Å². The van der Waals surface area contributed by atoms with Crippen LogP contribution in [0, 0.1) is 6.92 Å². The molecule has 0 fully saturated rings. The molecule has 0 aliphatic heterocycles. The van der Waals surface area contributed by atoms with E-state index < -0.39 is 0 Å². The predicted molar refractivity (Wildman–Crippen MR) is 102 cm³/mol. The predicted octanol–water partition coefficient (Wildman–Crippen LogP) is 4.10. The second-order valence-corrected chi connectivity index (χ2v) is 6.33. The molecule has 1 atom stereocenters. The lowest BCUT2D eigenvalue weighted by Crippen LogP contribution is -2.18. The van der Waals surface area contributed by atoms with E-state index in [4.69, 9.17) is 27.7 Å².